The lowest BCUT2D eigenvalue weighted by atomic mass is 9.73. The van der Waals surface area contributed by atoms with Gasteiger partial charge in [0, 0.05) is 9.05 Å². The minimum atomic E-state index is -0.398. The van der Waals surface area contributed by atoms with E-state index in [0.717, 1.165) is 28.0 Å². The van der Waals surface area contributed by atoms with E-state index in [-0.39, 0.29) is 2.85 Å². The number of nitrogens with one attached hydrogen (secondary N) is 2. The van der Waals surface area contributed by atoms with E-state index in [2.05, 4.69) is 87.1 Å². The minimum absolute atomic E-state index is 0. The van der Waals surface area contributed by atoms with Crippen molar-refractivity contribution in [2.75, 3.05) is 0 Å². The second kappa shape index (κ2) is 9.18. The maximum absolute atomic E-state index is 14.5. The highest BCUT2D eigenvalue weighted by Crippen LogP contribution is 2.45. The Kier molecular flexibility index (Phi) is 5.59. The Bertz CT molecular complexity index is 1520. The summed E-state index contributed by atoms with van der Waals surface area (Å²) in [6.45, 7) is 0. The summed E-state index contributed by atoms with van der Waals surface area (Å²) in [6.07, 6.45) is 9.39. The van der Waals surface area contributed by atoms with Gasteiger partial charge < -0.3 is 0 Å². The molecule has 0 atom stereocenters. The Morgan fingerprint density at radius 2 is 1.66 bits per heavy atom. The fourth-order valence-corrected chi connectivity index (χ4v) is 4.82. The van der Waals surface area contributed by atoms with Gasteiger partial charge in [-0.25, -0.2) is 0 Å². The summed E-state index contributed by atoms with van der Waals surface area (Å²) in [5, 5.41) is 14.0. The predicted molar refractivity (Wildman–Crippen MR) is 144 cm³/mol. The molecule has 0 amide bonds. The van der Waals surface area contributed by atoms with Crippen LogP contribution >= 0.6 is 0 Å². The second-order valence-corrected chi connectivity index (χ2v) is 9.02. The molecule has 0 aliphatic heterocycles. The fraction of sp³-hybridized carbons (Fsp3) is 0.133. The number of halogens is 1. The van der Waals surface area contributed by atoms with E-state index in [1.807, 2.05) is 24.3 Å². The first-order valence-electron chi connectivity index (χ1n) is 12.0. The highest BCUT2D eigenvalue weighted by Gasteiger charge is 2.27. The summed E-state index contributed by atoms with van der Waals surface area (Å²) in [5.41, 5.74) is 8.54. The van der Waals surface area contributed by atoms with E-state index in [0.29, 0.717) is 16.8 Å². The molecule has 1 fully saturated rings. The number of benzene rings is 3. The van der Waals surface area contributed by atoms with Gasteiger partial charge in [-0.2, -0.15) is 14.6 Å². The number of fused-ring (bicyclic) bond motifs is 1. The lowest BCUT2D eigenvalue weighted by molar-refractivity contribution is 0.401. The predicted octanol–water partition coefficient (Wildman–Crippen LogP) is 7.85. The number of allylic oxidation sites excluding steroid dienone is 1. The molecule has 1 saturated carbocycles. The zero-order chi connectivity index (χ0) is 23.6. The number of nitrogens with zero attached hydrogens (tertiary/aromatic N) is 2. The van der Waals surface area contributed by atoms with E-state index >= 15 is 0 Å². The maximum atomic E-state index is 14.5. The molecule has 4 nitrogen and oxygen atoms in total. The molecule has 0 unspecified atom stereocenters. The highest BCUT2D eigenvalue weighted by atomic mass is 19.1. The third-order valence-electron chi connectivity index (χ3n) is 6.84. The van der Waals surface area contributed by atoms with Crippen LogP contribution in [-0.2, 0) is 0 Å². The zero-order valence-electron chi connectivity index (χ0n) is 19.2. The summed E-state index contributed by atoms with van der Waals surface area (Å²) in [5.74, 6) is 0.0858. The Morgan fingerprint density at radius 3 is 2.37 bits per heavy atom. The molecule has 5 aromatic rings. The van der Waals surface area contributed by atoms with Gasteiger partial charge in [-0.1, -0.05) is 73.2 Å². The first-order chi connectivity index (χ1) is 17.3. The van der Waals surface area contributed by atoms with Gasteiger partial charge in [0.05, 0.1) is 16.6 Å². The van der Waals surface area contributed by atoms with Crippen LogP contribution < -0.4 is 0 Å². The van der Waals surface area contributed by atoms with Gasteiger partial charge in [0.2, 0.25) is 5.95 Å². The van der Waals surface area contributed by atoms with Crippen molar-refractivity contribution in [3.05, 3.63) is 119 Å². The average molecular weight is 465 g/mol. The van der Waals surface area contributed by atoms with Gasteiger partial charge in [0.25, 0.3) is 0 Å². The molecule has 1 aliphatic rings. The first kappa shape index (κ1) is 21.3. The molecule has 3 aromatic carbocycles. The molecule has 176 valence electrons. The molecule has 0 saturated heterocycles. The number of aromatic nitrogens is 4. The van der Waals surface area contributed by atoms with Crippen molar-refractivity contribution in [3.8, 4) is 0 Å². The van der Waals surface area contributed by atoms with Gasteiger partial charge >= 0.3 is 0 Å². The van der Waals surface area contributed by atoms with E-state index in [9.17, 15) is 4.39 Å². The summed E-state index contributed by atoms with van der Waals surface area (Å²) < 4.78 is 14.5. The number of rotatable bonds is 6. The molecule has 35 heavy (non-hydrogen) atoms. The van der Waals surface area contributed by atoms with Crippen LogP contribution in [0.15, 0.2) is 85.1 Å². The van der Waals surface area contributed by atoms with Crippen LogP contribution in [0.4, 0.5) is 4.39 Å². The lowest BCUT2D eigenvalue weighted by Gasteiger charge is -2.31. The summed E-state index contributed by atoms with van der Waals surface area (Å²) in [6, 6.07) is 27.0. The normalized spacial score (nSPS) is 14.9. The van der Waals surface area contributed by atoms with Crippen LogP contribution in [0, 0.1) is 11.9 Å². The average Bonchev–Trinajstić information content (AvgIpc) is 3.52. The van der Waals surface area contributed by atoms with Gasteiger partial charge in [0.1, 0.15) is 0 Å². The molecule has 0 bridgehead atoms. The molecule has 6 rings (SSSR count). The van der Waals surface area contributed by atoms with Crippen molar-refractivity contribution in [3.63, 3.8) is 0 Å². The summed E-state index contributed by atoms with van der Waals surface area (Å²) >= 11 is 0. The van der Waals surface area contributed by atoms with Crippen LogP contribution in [0.3, 0.4) is 0 Å². The summed E-state index contributed by atoms with van der Waals surface area (Å²) in [7, 11) is 0. The van der Waals surface area contributed by atoms with Crippen LogP contribution in [0.2, 0.25) is 0 Å². The maximum Gasteiger partial charge on any atom is 0.216 e. The number of aromatic amines is 2. The standard InChI is InChI=1S/C30H25FN4.2H2/c31-30-26-19-24(14-16-27(26)34-35-30)29(28(22-7-4-8-22)21-5-2-1-3-6-21)23-12-9-20(10-13-23)11-15-25-17-18-32-33-25;;/h1-3,5-6,9-19,22H,4,7-8H2,(H,32,33)(H,34,35);2*1H/b15-11+,29-28-;;. The molecule has 2 aromatic heterocycles. The molecule has 0 spiro atoms. The summed E-state index contributed by atoms with van der Waals surface area (Å²) in [4.78, 5) is 0. The highest BCUT2D eigenvalue weighted by molar-refractivity contribution is 6.01. The quantitative estimate of drug-likeness (QED) is 0.251. The Hall–Kier alpha value is -4.25. The van der Waals surface area contributed by atoms with Crippen LogP contribution in [-0.4, -0.2) is 20.4 Å². The Labute approximate surface area is 206 Å². The SMILES string of the molecule is Fc1[nH]nc2ccc(/C(=C(/c3ccccc3)C3CCC3)c3ccc(/C=C/c4ccn[nH]4)cc3)cc12.[HH].[HH]. The largest absolute Gasteiger partial charge is 0.278 e. The van der Waals surface area contributed by atoms with Gasteiger partial charge in [-0.3, -0.25) is 10.2 Å². The van der Waals surface area contributed by atoms with Gasteiger partial charge in [0.15, 0.2) is 0 Å². The molecular weight excluding hydrogens is 435 g/mol. The smallest absolute Gasteiger partial charge is 0.216 e. The first-order valence-corrected chi connectivity index (χ1v) is 12.0. The third-order valence-corrected chi connectivity index (χ3v) is 6.84. The van der Waals surface area contributed by atoms with Gasteiger partial charge in [-0.05, 0) is 76.4 Å². The fourth-order valence-electron chi connectivity index (χ4n) is 4.82. The zero-order valence-corrected chi connectivity index (χ0v) is 19.2. The lowest BCUT2D eigenvalue weighted by Crippen LogP contribution is -2.15. The van der Waals surface area contributed by atoms with Crippen LogP contribution in [0.5, 0.6) is 0 Å². The number of H-pyrrole nitrogens is 2. The third kappa shape index (κ3) is 4.21. The van der Waals surface area contributed by atoms with E-state index in [1.54, 1.807) is 6.20 Å². The second-order valence-electron chi connectivity index (χ2n) is 9.02. The topological polar surface area (TPSA) is 57.4 Å². The minimum Gasteiger partial charge on any atom is -0.278 e. The van der Waals surface area contributed by atoms with Crippen molar-refractivity contribution in [1.29, 1.82) is 0 Å². The molecular formula is C30H29FN4. The van der Waals surface area contributed by atoms with E-state index < -0.39 is 5.95 Å². The molecule has 0 radical (unpaired) electrons. The molecule has 2 heterocycles. The van der Waals surface area contributed by atoms with Crippen molar-refractivity contribution in [2.24, 2.45) is 5.92 Å². The van der Waals surface area contributed by atoms with Crippen molar-refractivity contribution < 1.29 is 7.24 Å². The van der Waals surface area contributed by atoms with Crippen LogP contribution in [0.1, 0.15) is 50.1 Å². The monoisotopic (exact) mass is 464 g/mol. The number of hydrogen-bond donors (Lipinski definition) is 2. The Balaban J connectivity index is 0.00000160. The van der Waals surface area contributed by atoms with E-state index in [1.165, 1.54) is 30.4 Å². The number of hydrogen-bond acceptors (Lipinski definition) is 2. The van der Waals surface area contributed by atoms with Crippen LogP contribution in [0.25, 0.3) is 34.2 Å². The van der Waals surface area contributed by atoms with Crippen molar-refractivity contribution in [1.82, 2.24) is 20.4 Å². The molecule has 5 heteroatoms. The van der Waals surface area contributed by atoms with E-state index in [4.69, 9.17) is 0 Å². The van der Waals surface area contributed by atoms with Crippen molar-refractivity contribution in [2.45, 2.75) is 19.3 Å². The van der Waals surface area contributed by atoms with Crippen molar-refractivity contribution >= 4 is 34.2 Å². The molecule has 1 aliphatic carbocycles. The Morgan fingerprint density at radius 1 is 0.857 bits per heavy atom. The van der Waals surface area contributed by atoms with Gasteiger partial charge in [-0.15, -0.1) is 0 Å². The molecule has 2 N–H and O–H groups in total.